The molecule has 38 heavy (non-hydrogen) atoms. The Morgan fingerprint density at radius 1 is 1.16 bits per heavy atom. The predicted octanol–water partition coefficient (Wildman–Crippen LogP) is 3.20. The third-order valence-electron chi connectivity index (χ3n) is 5.91. The van der Waals surface area contributed by atoms with Gasteiger partial charge in [-0.3, -0.25) is 20.2 Å². The Morgan fingerprint density at radius 2 is 2.00 bits per heavy atom. The number of thiazole rings is 1. The molecule has 0 aromatic carbocycles. The summed E-state index contributed by atoms with van der Waals surface area (Å²) in [4.78, 5) is 38.3. The molecular weight excluding hydrogens is 506 g/mol. The largest absolute Gasteiger partial charge is 0.477 e. The first-order valence-corrected chi connectivity index (χ1v) is 13.0. The standard InChI is InChI=1S/C25H27N9O3S/c1-3-27-25(36)32-21-7-18(24-31-20(13-38-24)16-9-30-34(2)11-16)19(10-28-21)17-6-15(22(35)33-26)8-29-23(17)37-12-14-4-5-14/h6-11,13-14H,3-5,12,26H2,1-2H3,(H,33,35)(H2,27,28,32,36). The van der Waals surface area contributed by atoms with Crippen LogP contribution in [-0.2, 0) is 7.05 Å². The molecule has 1 saturated carbocycles. The van der Waals surface area contributed by atoms with Crippen molar-refractivity contribution in [3.8, 4) is 38.8 Å². The molecule has 4 aromatic heterocycles. The molecule has 1 aliphatic carbocycles. The molecule has 0 spiro atoms. The number of nitrogens with two attached hydrogens (primary N) is 1. The number of ether oxygens (including phenoxy) is 1. The minimum absolute atomic E-state index is 0.270. The number of carbonyl (C=O) groups excluding carboxylic acids is 2. The average Bonchev–Trinajstić information content (AvgIpc) is 3.43. The van der Waals surface area contributed by atoms with Crippen LogP contribution in [0.25, 0.3) is 33.0 Å². The van der Waals surface area contributed by atoms with Crippen molar-refractivity contribution < 1.29 is 14.3 Å². The lowest BCUT2D eigenvalue weighted by Crippen LogP contribution is -2.30. The van der Waals surface area contributed by atoms with E-state index >= 15 is 0 Å². The fourth-order valence-corrected chi connectivity index (χ4v) is 4.63. The highest BCUT2D eigenvalue weighted by Crippen LogP contribution is 2.40. The van der Waals surface area contributed by atoms with Crippen LogP contribution in [0.3, 0.4) is 0 Å². The molecule has 4 aromatic rings. The second-order valence-corrected chi connectivity index (χ2v) is 9.70. The molecule has 4 heterocycles. The number of nitrogens with one attached hydrogen (secondary N) is 3. The van der Waals surface area contributed by atoms with Crippen LogP contribution in [-0.4, -0.2) is 49.8 Å². The number of rotatable bonds is 9. The number of aryl methyl sites for hydroxylation is 1. The van der Waals surface area contributed by atoms with Crippen LogP contribution in [0.4, 0.5) is 10.6 Å². The van der Waals surface area contributed by atoms with Crippen molar-refractivity contribution in [3.05, 3.63) is 47.9 Å². The van der Waals surface area contributed by atoms with Gasteiger partial charge >= 0.3 is 6.03 Å². The Hall–Kier alpha value is -4.36. The van der Waals surface area contributed by atoms with Gasteiger partial charge in [0.25, 0.3) is 5.91 Å². The van der Waals surface area contributed by atoms with Gasteiger partial charge < -0.3 is 10.1 Å². The highest BCUT2D eigenvalue weighted by atomic mass is 32.1. The number of nitrogens with zero attached hydrogens (tertiary/aromatic N) is 5. The maximum Gasteiger partial charge on any atom is 0.320 e. The van der Waals surface area contributed by atoms with Gasteiger partial charge in [0.05, 0.1) is 24.1 Å². The topological polar surface area (TPSA) is 162 Å². The van der Waals surface area contributed by atoms with E-state index in [0.717, 1.165) is 24.1 Å². The van der Waals surface area contributed by atoms with Gasteiger partial charge in [0.1, 0.15) is 10.8 Å². The third-order valence-corrected chi connectivity index (χ3v) is 6.78. The number of urea groups is 1. The number of hydrazine groups is 1. The first-order chi connectivity index (χ1) is 18.4. The number of anilines is 1. The normalized spacial score (nSPS) is 12.7. The molecule has 13 heteroatoms. The highest BCUT2D eigenvalue weighted by Gasteiger charge is 2.25. The summed E-state index contributed by atoms with van der Waals surface area (Å²) < 4.78 is 7.78. The highest BCUT2D eigenvalue weighted by molar-refractivity contribution is 7.13. The molecule has 0 aliphatic heterocycles. The Morgan fingerprint density at radius 3 is 2.71 bits per heavy atom. The molecular formula is C25H27N9O3S. The Bertz CT molecular complexity index is 1480. The number of carbonyl (C=O) groups is 2. The number of nitrogen functional groups attached to an aromatic ring is 1. The summed E-state index contributed by atoms with van der Waals surface area (Å²) in [5, 5.41) is 12.3. The predicted molar refractivity (Wildman–Crippen MR) is 143 cm³/mol. The van der Waals surface area contributed by atoms with Gasteiger partial charge in [-0.25, -0.2) is 25.6 Å². The van der Waals surface area contributed by atoms with Crippen LogP contribution in [0.2, 0.25) is 0 Å². The van der Waals surface area contributed by atoms with E-state index in [4.69, 9.17) is 15.6 Å². The molecule has 0 radical (unpaired) electrons. The summed E-state index contributed by atoms with van der Waals surface area (Å²) in [5.74, 6) is 6.12. The lowest BCUT2D eigenvalue weighted by atomic mass is 10.0. The second kappa shape index (κ2) is 10.9. The maximum absolute atomic E-state index is 12.3. The zero-order valence-corrected chi connectivity index (χ0v) is 21.7. The Labute approximate surface area is 222 Å². The Balaban J connectivity index is 1.62. The molecule has 1 aliphatic rings. The number of hydrogen-bond acceptors (Lipinski definition) is 9. The van der Waals surface area contributed by atoms with Crippen molar-refractivity contribution >= 4 is 29.1 Å². The van der Waals surface area contributed by atoms with E-state index in [-0.39, 0.29) is 11.6 Å². The van der Waals surface area contributed by atoms with Gasteiger partial charge in [-0.2, -0.15) is 5.10 Å². The van der Waals surface area contributed by atoms with Gasteiger partial charge in [0.15, 0.2) is 0 Å². The average molecular weight is 534 g/mol. The summed E-state index contributed by atoms with van der Waals surface area (Å²) in [7, 11) is 1.84. The van der Waals surface area contributed by atoms with E-state index in [2.05, 4.69) is 31.1 Å². The van der Waals surface area contributed by atoms with E-state index in [1.54, 1.807) is 29.2 Å². The van der Waals surface area contributed by atoms with Gasteiger partial charge in [-0.15, -0.1) is 11.3 Å². The van der Waals surface area contributed by atoms with Crippen molar-refractivity contribution in [2.24, 2.45) is 18.8 Å². The van der Waals surface area contributed by atoms with Crippen molar-refractivity contribution in [3.63, 3.8) is 0 Å². The van der Waals surface area contributed by atoms with Crippen molar-refractivity contribution in [1.82, 2.24) is 35.5 Å². The summed E-state index contributed by atoms with van der Waals surface area (Å²) in [6.45, 7) is 2.84. The summed E-state index contributed by atoms with van der Waals surface area (Å²) in [6, 6.07) is 3.05. The molecule has 0 bridgehead atoms. The molecule has 196 valence electrons. The van der Waals surface area contributed by atoms with Crippen LogP contribution in [0, 0.1) is 5.92 Å². The number of aromatic nitrogens is 5. The maximum atomic E-state index is 12.3. The van der Waals surface area contributed by atoms with Crippen LogP contribution >= 0.6 is 11.3 Å². The minimum Gasteiger partial charge on any atom is -0.477 e. The van der Waals surface area contributed by atoms with Gasteiger partial charge in [-0.1, -0.05) is 0 Å². The second-order valence-electron chi connectivity index (χ2n) is 8.84. The van der Waals surface area contributed by atoms with E-state index in [1.165, 1.54) is 17.5 Å². The zero-order valence-electron chi connectivity index (χ0n) is 20.9. The van der Waals surface area contributed by atoms with Gasteiger partial charge in [0.2, 0.25) is 5.88 Å². The Kier molecular flexibility index (Phi) is 7.29. The minimum atomic E-state index is -0.482. The van der Waals surface area contributed by atoms with E-state index < -0.39 is 5.91 Å². The summed E-state index contributed by atoms with van der Waals surface area (Å²) in [5.41, 5.74) is 5.95. The van der Waals surface area contributed by atoms with Gasteiger partial charge in [-0.05, 0) is 37.8 Å². The zero-order chi connectivity index (χ0) is 26.6. The van der Waals surface area contributed by atoms with Crippen molar-refractivity contribution in [1.29, 1.82) is 0 Å². The van der Waals surface area contributed by atoms with E-state index in [1.807, 2.05) is 25.5 Å². The molecule has 12 nitrogen and oxygen atoms in total. The first kappa shape index (κ1) is 25.3. The van der Waals surface area contributed by atoms with Gasteiger partial charge in [0, 0.05) is 59.8 Å². The summed E-state index contributed by atoms with van der Waals surface area (Å²) in [6.07, 6.45) is 8.91. The van der Waals surface area contributed by atoms with Crippen LogP contribution in [0.1, 0.15) is 30.1 Å². The quantitative estimate of drug-likeness (QED) is 0.145. The van der Waals surface area contributed by atoms with E-state index in [0.29, 0.717) is 52.5 Å². The number of pyridine rings is 2. The van der Waals surface area contributed by atoms with Crippen LogP contribution in [0.15, 0.2) is 42.3 Å². The molecule has 5 N–H and O–H groups in total. The molecule has 5 rings (SSSR count). The molecule has 0 unspecified atom stereocenters. The third kappa shape index (κ3) is 5.63. The first-order valence-electron chi connectivity index (χ1n) is 12.1. The summed E-state index contributed by atoms with van der Waals surface area (Å²) >= 11 is 1.44. The fourth-order valence-electron chi connectivity index (χ4n) is 3.77. The number of amides is 3. The smallest absolute Gasteiger partial charge is 0.320 e. The van der Waals surface area contributed by atoms with Crippen LogP contribution in [0.5, 0.6) is 5.88 Å². The van der Waals surface area contributed by atoms with Crippen LogP contribution < -0.4 is 26.6 Å². The number of hydrogen-bond donors (Lipinski definition) is 4. The molecule has 0 saturated heterocycles. The lowest BCUT2D eigenvalue weighted by molar-refractivity contribution is 0.0953. The van der Waals surface area contributed by atoms with E-state index in [9.17, 15) is 9.59 Å². The SMILES string of the molecule is CCNC(=O)Nc1cc(-c2nc(-c3cnn(C)c3)cs2)c(-c2cc(C(=O)NN)cnc2OCC2CC2)cn1. The van der Waals surface area contributed by atoms with Crippen molar-refractivity contribution in [2.75, 3.05) is 18.5 Å². The lowest BCUT2D eigenvalue weighted by Gasteiger charge is -2.15. The molecule has 3 amide bonds. The monoisotopic (exact) mass is 533 g/mol. The van der Waals surface area contributed by atoms with Crippen molar-refractivity contribution in [2.45, 2.75) is 19.8 Å². The molecule has 0 atom stereocenters. The molecule has 1 fully saturated rings. The fraction of sp³-hybridized carbons (Fsp3) is 0.280.